The third-order valence-corrected chi connectivity index (χ3v) is 9.60. The summed E-state index contributed by atoms with van der Waals surface area (Å²) in [6.45, 7) is 24.1. The van der Waals surface area contributed by atoms with Crippen molar-refractivity contribution in [2.75, 3.05) is 18.4 Å². The molecule has 2 unspecified atom stereocenters. The lowest BCUT2D eigenvalue weighted by Gasteiger charge is -2.29. The first-order chi connectivity index (χ1) is 22.4. The van der Waals surface area contributed by atoms with Crippen molar-refractivity contribution < 1.29 is 0 Å². The fourth-order valence-corrected chi connectivity index (χ4v) is 6.65. The van der Waals surface area contributed by atoms with Crippen LogP contribution in [-0.2, 0) is 6.42 Å². The molecule has 3 nitrogen and oxygen atoms in total. The molecule has 2 aliphatic heterocycles. The van der Waals surface area contributed by atoms with Crippen LogP contribution in [-0.4, -0.2) is 23.0 Å². The lowest BCUT2D eigenvalue weighted by Crippen LogP contribution is -2.21. The summed E-state index contributed by atoms with van der Waals surface area (Å²) in [5, 5.41) is 3.50. The van der Waals surface area contributed by atoms with Gasteiger partial charge in [0.25, 0.3) is 0 Å². The Kier molecular flexibility index (Phi) is 20.8. The van der Waals surface area contributed by atoms with Crippen LogP contribution in [0, 0.1) is 5.92 Å². The quantitative estimate of drug-likeness (QED) is 0.108. The number of nitrogens with one attached hydrogen (secondary N) is 1. The van der Waals surface area contributed by atoms with Crippen molar-refractivity contribution in [1.82, 2.24) is 9.88 Å². The van der Waals surface area contributed by atoms with Crippen molar-refractivity contribution in [1.29, 1.82) is 0 Å². The summed E-state index contributed by atoms with van der Waals surface area (Å²) in [6, 6.07) is 2.39. The van der Waals surface area contributed by atoms with Gasteiger partial charge in [0.15, 0.2) is 0 Å². The molecule has 0 spiro atoms. The Balaban J connectivity index is 0.000000825. The van der Waals surface area contributed by atoms with Crippen molar-refractivity contribution in [3.05, 3.63) is 71.2 Å². The molecule has 0 amide bonds. The number of hydrogen-bond acceptors (Lipinski definition) is 3. The molecule has 1 aromatic heterocycles. The molecule has 3 aliphatic rings. The molecule has 0 aromatic carbocycles. The van der Waals surface area contributed by atoms with Gasteiger partial charge in [-0.25, -0.2) is 4.98 Å². The van der Waals surface area contributed by atoms with Crippen LogP contribution in [0.5, 0.6) is 0 Å². The van der Waals surface area contributed by atoms with Crippen molar-refractivity contribution in [3.63, 3.8) is 0 Å². The second-order valence-corrected chi connectivity index (χ2v) is 14.0. The standard InChI is InChI=1S/C35H53N3.C5H12.C3H8/c1-5-7-8-9-10-13-16-23-38-26-30(20-19-28(38)4)29(24-27(3)6-2)17-14-11-12-15-18-31-25-33-32-21-22-36-35(37-31)34(32)33;1-3-5-4-2;1-3-2/h19-20,25-26,29,32H,3-18,21-24H2,1-2H3,(H,36,37);3-5H2,1-2H3;3H2,1-2H3. The molecule has 46 heavy (non-hydrogen) atoms. The van der Waals surface area contributed by atoms with E-state index in [1.54, 1.807) is 5.56 Å². The number of nitrogens with zero attached hydrogens (tertiary/aromatic N) is 2. The van der Waals surface area contributed by atoms with Crippen molar-refractivity contribution in [2.45, 2.75) is 176 Å². The Morgan fingerprint density at radius 3 is 2.20 bits per heavy atom. The van der Waals surface area contributed by atoms with E-state index in [1.165, 1.54) is 137 Å². The highest BCUT2D eigenvalue weighted by Gasteiger charge is 2.39. The molecule has 0 radical (unpaired) electrons. The minimum absolute atomic E-state index is 0.571. The molecule has 1 aliphatic carbocycles. The highest BCUT2D eigenvalue weighted by Crippen LogP contribution is 2.52. The smallest absolute Gasteiger partial charge is 0.130 e. The molecule has 2 atom stereocenters. The molecular weight excluding hydrogens is 558 g/mol. The van der Waals surface area contributed by atoms with Crippen LogP contribution in [0.25, 0.3) is 0 Å². The van der Waals surface area contributed by atoms with Gasteiger partial charge in [0, 0.05) is 42.2 Å². The van der Waals surface area contributed by atoms with E-state index < -0.39 is 0 Å². The normalized spacial score (nSPS) is 16.3. The number of fused-ring (bicyclic) bond motifs is 1. The second-order valence-electron chi connectivity index (χ2n) is 14.0. The minimum Gasteiger partial charge on any atom is -0.370 e. The summed E-state index contributed by atoms with van der Waals surface area (Å²) in [6.07, 6.45) is 32.7. The fourth-order valence-electron chi connectivity index (χ4n) is 6.65. The van der Waals surface area contributed by atoms with Crippen LogP contribution >= 0.6 is 0 Å². The number of anilines is 1. The Morgan fingerprint density at radius 2 is 1.52 bits per heavy atom. The number of pyridine rings is 1. The van der Waals surface area contributed by atoms with Crippen molar-refractivity contribution >= 4 is 5.82 Å². The summed E-state index contributed by atoms with van der Waals surface area (Å²) >= 11 is 0. The average molecular weight is 632 g/mol. The molecule has 3 heteroatoms. The summed E-state index contributed by atoms with van der Waals surface area (Å²) in [4.78, 5) is 7.31. The first-order valence-electron chi connectivity index (χ1n) is 19.7. The fraction of sp³-hybridized carbons (Fsp3) is 0.698. The molecule has 1 N–H and O–H groups in total. The van der Waals surface area contributed by atoms with Gasteiger partial charge < -0.3 is 10.2 Å². The van der Waals surface area contributed by atoms with Gasteiger partial charge in [-0.1, -0.05) is 150 Å². The Morgan fingerprint density at radius 1 is 0.870 bits per heavy atom. The lowest BCUT2D eigenvalue weighted by molar-refractivity contribution is 0.427. The van der Waals surface area contributed by atoms with Crippen LogP contribution in [0.4, 0.5) is 5.82 Å². The van der Waals surface area contributed by atoms with E-state index in [0.29, 0.717) is 5.92 Å². The van der Waals surface area contributed by atoms with E-state index >= 15 is 0 Å². The van der Waals surface area contributed by atoms with Crippen LogP contribution in [0.15, 0.2) is 54.4 Å². The molecule has 0 saturated heterocycles. The van der Waals surface area contributed by atoms with Gasteiger partial charge >= 0.3 is 0 Å². The zero-order valence-corrected chi connectivity index (χ0v) is 31.3. The number of unbranched alkanes of at least 4 members (excludes halogenated alkanes) is 11. The largest absolute Gasteiger partial charge is 0.370 e. The number of rotatable bonds is 21. The predicted octanol–water partition coefficient (Wildman–Crippen LogP) is 13.4. The lowest BCUT2D eigenvalue weighted by atomic mass is 9.86. The second kappa shape index (κ2) is 23.9. The third-order valence-electron chi connectivity index (χ3n) is 9.60. The van der Waals surface area contributed by atoms with Gasteiger partial charge in [0.1, 0.15) is 5.82 Å². The van der Waals surface area contributed by atoms with Crippen LogP contribution in [0.1, 0.15) is 186 Å². The van der Waals surface area contributed by atoms with Gasteiger partial charge in [-0.15, -0.1) is 0 Å². The summed E-state index contributed by atoms with van der Waals surface area (Å²) in [7, 11) is 0. The van der Waals surface area contributed by atoms with Gasteiger partial charge in [-0.05, 0) is 74.1 Å². The maximum atomic E-state index is 4.90. The van der Waals surface area contributed by atoms with Crippen LogP contribution in [0.3, 0.4) is 0 Å². The van der Waals surface area contributed by atoms with Crippen molar-refractivity contribution in [3.8, 4) is 0 Å². The maximum Gasteiger partial charge on any atom is 0.130 e. The minimum atomic E-state index is 0.571. The number of allylic oxidation sites excluding steroid dienone is 4. The highest BCUT2D eigenvalue weighted by atomic mass is 15.1. The van der Waals surface area contributed by atoms with Gasteiger partial charge in [-0.3, -0.25) is 0 Å². The van der Waals surface area contributed by atoms with Gasteiger partial charge in [0.2, 0.25) is 0 Å². The van der Waals surface area contributed by atoms with Gasteiger partial charge in [-0.2, -0.15) is 0 Å². The van der Waals surface area contributed by atoms with Gasteiger partial charge in [0.05, 0.1) is 0 Å². The Labute approximate surface area is 286 Å². The van der Waals surface area contributed by atoms with Crippen LogP contribution in [0.2, 0.25) is 0 Å². The van der Waals surface area contributed by atoms with E-state index in [2.05, 4.69) is 89.3 Å². The maximum absolute atomic E-state index is 4.90. The topological polar surface area (TPSA) is 28.2 Å². The third kappa shape index (κ3) is 14.6. The van der Waals surface area contributed by atoms with E-state index in [9.17, 15) is 0 Å². The average Bonchev–Trinajstić information content (AvgIpc) is 3.77. The Hall–Kier alpha value is -2.29. The molecule has 0 fully saturated rings. The van der Waals surface area contributed by atoms with E-state index in [1.807, 2.05) is 0 Å². The van der Waals surface area contributed by atoms with E-state index in [4.69, 9.17) is 4.98 Å². The Bertz CT molecular complexity index is 1060. The molecular formula is C43H73N3. The first-order valence-corrected chi connectivity index (χ1v) is 19.7. The first kappa shape index (κ1) is 39.9. The summed E-state index contributed by atoms with van der Waals surface area (Å²) in [5.74, 6) is 2.49. The number of aryl methyl sites for hydroxylation is 1. The summed E-state index contributed by atoms with van der Waals surface area (Å²) < 4.78 is 0. The van der Waals surface area contributed by atoms with E-state index in [0.717, 1.165) is 44.0 Å². The number of aromatic nitrogens is 1. The summed E-state index contributed by atoms with van der Waals surface area (Å²) in [5.41, 5.74) is 8.38. The molecule has 0 bridgehead atoms. The van der Waals surface area contributed by atoms with E-state index in [-0.39, 0.29) is 0 Å². The zero-order chi connectivity index (χ0) is 33.6. The monoisotopic (exact) mass is 632 g/mol. The molecule has 3 heterocycles. The molecule has 0 saturated carbocycles. The molecule has 4 rings (SSSR count). The molecule has 260 valence electrons. The highest BCUT2D eigenvalue weighted by molar-refractivity contribution is 5.68. The predicted molar refractivity (Wildman–Crippen MR) is 206 cm³/mol. The molecule has 1 aromatic rings. The van der Waals surface area contributed by atoms with Crippen molar-refractivity contribution in [2.24, 2.45) is 5.92 Å². The number of hydrogen-bond donors (Lipinski definition) is 1. The SMILES string of the molecule is C=C(CC)CC(CCCCCCc1cc2c3c(n1)NCCC23)C1=CN(CCCCCCCCC)C(=C)C=C1.CCC.CCCCC. The zero-order valence-electron chi connectivity index (χ0n) is 31.3. The van der Waals surface area contributed by atoms with Crippen LogP contribution < -0.4 is 5.32 Å².